The van der Waals surface area contributed by atoms with E-state index in [-0.39, 0.29) is 36.4 Å². The van der Waals surface area contributed by atoms with Gasteiger partial charge in [-0.3, -0.25) is 10.1 Å². The van der Waals surface area contributed by atoms with Crippen LogP contribution in [-0.4, -0.2) is 57.9 Å². The zero-order valence-corrected chi connectivity index (χ0v) is 24.9. The van der Waals surface area contributed by atoms with Crippen LogP contribution in [0.2, 0.25) is 0 Å². The van der Waals surface area contributed by atoms with Crippen molar-refractivity contribution < 1.29 is 19.0 Å². The molecule has 41 heavy (non-hydrogen) atoms. The number of rotatable bonds is 14. The van der Waals surface area contributed by atoms with Gasteiger partial charge < -0.3 is 24.4 Å². The number of hydrogen-bond donors (Lipinski definition) is 2. The van der Waals surface area contributed by atoms with Crippen molar-refractivity contribution >= 4 is 23.2 Å². The molecule has 1 aliphatic rings. The highest BCUT2D eigenvalue weighted by atomic mass is 35.5. The van der Waals surface area contributed by atoms with Gasteiger partial charge in [-0.25, -0.2) is 0 Å². The van der Waals surface area contributed by atoms with E-state index < -0.39 is 0 Å². The number of alkyl halides is 1. The van der Waals surface area contributed by atoms with Crippen LogP contribution in [-0.2, 0) is 14.3 Å². The van der Waals surface area contributed by atoms with E-state index >= 15 is 0 Å². The number of amides is 1. The normalized spacial score (nSPS) is 20.3. The van der Waals surface area contributed by atoms with Crippen LogP contribution in [0.4, 0.5) is 5.69 Å². The van der Waals surface area contributed by atoms with Crippen LogP contribution in [0.5, 0.6) is 5.75 Å². The van der Waals surface area contributed by atoms with Crippen molar-refractivity contribution in [2.45, 2.75) is 56.1 Å². The van der Waals surface area contributed by atoms with Crippen LogP contribution in [0.15, 0.2) is 84.9 Å². The third-order valence-corrected chi connectivity index (χ3v) is 8.03. The summed E-state index contributed by atoms with van der Waals surface area (Å²) in [5.74, 6) is 1.21. The number of para-hydroxylation sites is 2. The number of anilines is 1. The molecule has 4 rings (SSSR count). The average molecular weight is 580 g/mol. The molecular formula is C33H42ClN3O4. The summed E-state index contributed by atoms with van der Waals surface area (Å²) in [6.07, 6.45) is 1.87. The molecule has 1 saturated heterocycles. The van der Waals surface area contributed by atoms with E-state index in [0.717, 1.165) is 22.6 Å². The standard InChI is InChI=1S/C33H42ClN3O4/c1-39-29-18-11-10-17-27(29)37-23-32(36-33(38)19-12-20-34)35-26(21-30(40-2)24-13-6-4-7-14-24)28(37)22-31(41-3)25-15-8-5-9-16-25/h4-11,13-18,26,28,30-32,35H,12,19-23H2,1-3H3,(H,36,38). The first-order valence-corrected chi connectivity index (χ1v) is 14.8. The summed E-state index contributed by atoms with van der Waals surface area (Å²) in [7, 11) is 5.20. The maximum absolute atomic E-state index is 12.8. The molecule has 0 spiro atoms. The number of ether oxygens (including phenoxy) is 3. The van der Waals surface area contributed by atoms with Gasteiger partial charge in [0.25, 0.3) is 0 Å². The molecule has 0 aliphatic carbocycles. The van der Waals surface area contributed by atoms with Crippen molar-refractivity contribution in [1.82, 2.24) is 10.6 Å². The van der Waals surface area contributed by atoms with Gasteiger partial charge in [-0.2, -0.15) is 0 Å². The van der Waals surface area contributed by atoms with Crippen molar-refractivity contribution in [3.63, 3.8) is 0 Å². The minimum Gasteiger partial charge on any atom is -0.495 e. The third kappa shape index (κ3) is 8.23. The van der Waals surface area contributed by atoms with Gasteiger partial charge in [0.05, 0.1) is 37.7 Å². The first-order chi connectivity index (χ1) is 20.1. The molecule has 1 amide bonds. The maximum atomic E-state index is 12.8. The second-order valence-corrected chi connectivity index (χ2v) is 10.7. The van der Waals surface area contributed by atoms with Crippen molar-refractivity contribution in [3.8, 4) is 5.75 Å². The van der Waals surface area contributed by atoms with E-state index in [9.17, 15) is 4.79 Å². The number of benzene rings is 3. The molecule has 2 N–H and O–H groups in total. The summed E-state index contributed by atoms with van der Waals surface area (Å²) < 4.78 is 17.9. The Kier molecular flexibility index (Phi) is 11.9. The quantitative estimate of drug-likeness (QED) is 0.233. The van der Waals surface area contributed by atoms with E-state index in [1.807, 2.05) is 54.6 Å². The van der Waals surface area contributed by atoms with Crippen LogP contribution >= 0.6 is 11.6 Å². The lowest BCUT2D eigenvalue weighted by Gasteiger charge is -2.48. The number of piperazine rings is 1. The Morgan fingerprint density at radius 3 is 2.07 bits per heavy atom. The molecule has 5 atom stereocenters. The largest absolute Gasteiger partial charge is 0.495 e. The summed E-state index contributed by atoms with van der Waals surface area (Å²) in [4.78, 5) is 15.2. The number of carbonyl (C=O) groups excluding carboxylic acids is 1. The maximum Gasteiger partial charge on any atom is 0.221 e. The second kappa shape index (κ2) is 15.8. The van der Waals surface area contributed by atoms with Crippen molar-refractivity contribution in [3.05, 3.63) is 96.1 Å². The zero-order chi connectivity index (χ0) is 29.0. The molecule has 3 aromatic rings. The zero-order valence-electron chi connectivity index (χ0n) is 24.2. The first kappa shape index (κ1) is 30.8. The summed E-state index contributed by atoms with van der Waals surface area (Å²) in [6, 6.07) is 28.6. The predicted octanol–water partition coefficient (Wildman–Crippen LogP) is 5.86. The molecule has 1 aliphatic heterocycles. The average Bonchev–Trinajstić information content (AvgIpc) is 3.02. The molecule has 5 unspecified atom stereocenters. The van der Waals surface area contributed by atoms with Crippen molar-refractivity contribution in [1.29, 1.82) is 0 Å². The highest BCUT2D eigenvalue weighted by Gasteiger charge is 2.40. The Morgan fingerprint density at radius 1 is 0.902 bits per heavy atom. The fourth-order valence-electron chi connectivity index (χ4n) is 5.74. The summed E-state index contributed by atoms with van der Waals surface area (Å²) in [5.41, 5.74) is 3.21. The minimum absolute atomic E-state index is 0.00573. The van der Waals surface area contributed by atoms with Crippen molar-refractivity contribution in [2.24, 2.45) is 0 Å². The number of methoxy groups -OCH3 is 3. The Hall–Kier alpha value is -3.10. The van der Waals surface area contributed by atoms with Crippen LogP contribution in [0.1, 0.15) is 49.0 Å². The van der Waals surface area contributed by atoms with E-state index in [0.29, 0.717) is 38.1 Å². The van der Waals surface area contributed by atoms with Gasteiger partial charge in [-0.05, 0) is 42.5 Å². The molecule has 220 valence electrons. The number of hydrogen-bond acceptors (Lipinski definition) is 6. The van der Waals surface area contributed by atoms with Gasteiger partial charge in [0.1, 0.15) is 5.75 Å². The molecule has 8 heteroatoms. The van der Waals surface area contributed by atoms with E-state index in [1.165, 1.54) is 0 Å². The van der Waals surface area contributed by atoms with Crippen LogP contribution < -0.4 is 20.3 Å². The lowest BCUT2D eigenvalue weighted by atomic mass is 9.88. The summed E-state index contributed by atoms with van der Waals surface area (Å²) in [5, 5.41) is 6.99. The highest BCUT2D eigenvalue weighted by Crippen LogP contribution is 2.37. The van der Waals surface area contributed by atoms with Crippen molar-refractivity contribution in [2.75, 3.05) is 38.7 Å². The van der Waals surface area contributed by atoms with E-state index in [1.54, 1.807) is 21.3 Å². The predicted molar refractivity (Wildman–Crippen MR) is 165 cm³/mol. The van der Waals surface area contributed by atoms with Gasteiger partial charge in [0.2, 0.25) is 5.91 Å². The van der Waals surface area contributed by atoms with E-state index in [2.05, 4.69) is 45.9 Å². The Morgan fingerprint density at radius 2 is 1.49 bits per heavy atom. The SMILES string of the molecule is COc1ccccc1N1CC(NC(=O)CCCCl)NC(CC(OC)c2ccccc2)C1CC(OC)c1ccccc1. The molecule has 0 saturated carbocycles. The van der Waals surface area contributed by atoms with Gasteiger partial charge in [0, 0.05) is 38.6 Å². The molecule has 1 heterocycles. The fourth-order valence-corrected chi connectivity index (χ4v) is 5.87. The van der Waals surface area contributed by atoms with Gasteiger partial charge in [-0.1, -0.05) is 72.8 Å². The first-order valence-electron chi connectivity index (χ1n) is 14.2. The monoisotopic (exact) mass is 579 g/mol. The Bertz CT molecular complexity index is 1200. The molecule has 0 aromatic heterocycles. The molecular weight excluding hydrogens is 538 g/mol. The van der Waals surface area contributed by atoms with Crippen LogP contribution in [0.3, 0.4) is 0 Å². The molecule has 0 radical (unpaired) electrons. The topological polar surface area (TPSA) is 72.1 Å². The number of nitrogens with zero attached hydrogens (tertiary/aromatic N) is 1. The van der Waals surface area contributed by atoms with E-state index in [4.69, 9.17) is 25.8 Å². The summed E-state index contributed by atoms with van der Waals surface area (Å²) >= 11 is 5.87. The minimum atomic E-state index is -0.282. The van der Waals surface area contributed by atoms with Gasteiger partial charge in [0.15, 0.2) is 0 Å². The van der Waals surface area contributed by atoms with Gasteiger partial charge >= 0.3 is 0 Å². The van der Waals surface area contributed by atoms with Gasteiger partial charge in [-0.15, -0.1) is 11.6 Å². The molecule has 7 nitrogen and oxygen atoms in total. The number of carbonyl (C=O) groups is 1. The molecule has 3 aromatic carbocycles. The number of halogens is 1. The lowest BCUT2D eigenvalue weighted by molar-refractivity contribution is -0.122. The fraction of sp³-hybridized carbons (Fsp3) is 0.424. The number of nitrogens with one attached hydrogen (secondary N) is 2. The Labute approximate surface area is 249 Å². The smallest absolute Gasteiger partial charge is 0.221 e. The Balaban J connectivity index is 1.73. The third-order valence-electron chi connectivity index (χ3n) is 7.76. The lowest BCUT2D eigenvalue weighted by Crippen LogP contribution is -2.67. The summed E-state index contributed by atoms with van der Waals surface area (Å²) in [6.45, 7) is 0.558. The highest BCUT2D eigenvalue weighted by molar-refractivity contribution is 6.17. The second-order valence-electron chi connectivity index (χ2n) is 10.3. The van der Waals surface area contributed by atoms with Crippen LogP contribution in [0, 0.1) is 0 Å². The van der Waals surface area contributed by atoms with Crippen LogP contribution in [0.25, 0.3) is 0 Å². The molecule has 0 bridgehead atoms. The molecule has 1 fully saturated rings.